The number of rotatable bonds is 4. The monoisotopic (exact) mass is 199 g/mol. The SMILES string of the molecule is CCCCC1(OC(C)=O)CCCN1C. The molecule has 3 heteroatoms. The van der Waals surface area contributed by atoms with E-state index in [0.717, 1.165) is 38.6 Å². The van der Waals surface area contributed by atoms with Crippen LogP contribution in [0.3, 0.4) is 0 Å². The molecule has 1 rings (SSSR count). The molecule has 0 spiro atoms. The average Bonchev–Trinajstić information content (AvgIpc) is 2.44. The smallest absolute Gasteiger partial charge is 0.304 e. The molecule has 0 amide bonds. The zero-order chi connectivity index (χ0) is 10.6. The van der Waals surface area contributed by atoms with Crippen LogP contribution in [0, 0.1) is 0 Å². The Kier molecular flexibility index (Phi) is 3.93. The van der Waals surface area contributed by atoms with Crippen LogP contribution < -0.4 is 0 Å². The zero-order valence-electron chi connectivity index (χ0n) is 9.51. The summed E-state index contributed by atoms with van der Waals surface area (Å²) in [5.74, 6) is -0.158. The maximum atomic E-state index is 11.1. The van der Waals surface area contributed by atoms with Crippen LogP contribution in [-0.2, 0) is 9.53 Å². The number of hydrogen-bond donors (Lipinski definition) is 0. The minimum atomic E-state index is -0.290. The van der Waals surface area contributed by atoms with Gasteiger partial charge in [0, 0.05) is 26.3 Å². The highest BCUT2D eigenvalue weighted by molar-refractivity contribution is 5.66. The fourth-order valence-electron chi connectivity index (χ4n) is 2.20. The fraction of sp³-hybridized carbons (Fsp3) is 0.909. The number of carbonyl (C=O) groups is 1. The summed E-state index contributed by atoms with van der Waals surface area (Å²) in [7, 11) is 2.05. The first-order chi connectivity index (χ1) is 6.60. The van der Waals surface area contributed by atoms with Crippen LogP contribution in [0.1, 0.15) is 46.0 Å². The summed E-state index contributed by atoms with van der Waals surface area (Å²) in [5.41, 5.74) is -0.290. The molecule has 1 aliphatic heterocycles. The Balaban J connectivity index is 2.62. The molecule has 0 saturated carbocycles. The third kappa shape index (κ3) is 2.47. The van der Waals surface area contributed by atoms with E-state index in [-0.39, 0.29) is 11.7 Å². The van der Waals surface area contributed by atoms with Crippen LogP contribution in [-0.4, -0.2) is 30.2 Å². The lowest BCUT2D eigenvalue weighted by molar-refractivity contribution is -0.175. The van der Waals surface area contributed by atoms with E-state index in [2.05, 4.69) is 11.8 Å². The molecule has 14 heavy (non-hydrogen) atoms. The Morgan fingerprint density at radius 1 is 1.57 bits per heavy atom. The topological polar surface area (TPSA) is 29.5 Å². The van der Waals surface area contributed by atoms with E-state index in [9.17, 15) is 4.79 Å². The van der Waals surface area contributed by atoms with Crippen molar-refractivity contribution in [3.05, 3.63) is 0 Å². The number of unbranched alkanes of at least 4 members (excludes halogenated alkanes) is 1. The number of carbonyl (C=O) groups excluding carboxylic acids is 1. The van der Waals surface area contributed by atoms with Crippen LogP contribution in [0.25, 0.3) is 0 Å². The molecule has 1 aliphatic rings. The molecule has 0 radical (unpaired) electrons. The number of esters is 1. The van der Waals surface area contributed by atoms with Gasteiger partial charge in [0.2, 0.25) is 0 Å². The van der Waals surface area contributed by atoms with Gasteiger partial charge in [0.05, 0.1) is 0 Å². The summed E-state index contributed by atoms with van der Waals surface area (Å²) in [4.78, 5) is 13.2. The Hall–Kier alpha value is -0.570. The Labute approximate surface area is 86.4 Å². The second kappa shape index (κ2) is 4.78. The average molecular weight is 199 g/mol. The lowest BCUT2D eigenvalue weighted by Crippen LogP contribution is -2.45. The fourth-order valence-corrected chi connectivity index (χ4v) is 2.20. The summed E-state index contributed by atoms with van der Waals surface area (Å²) in [5, 5.41) is 0. The van der Waals surface area contributed by atoms with Gasteiger partial charge in [-0.25, -0.2) is 0 Å². The van der Waals surface area contributed by atoms with Gasteiger partial charge >= 0.3 is 5.97 Å². The number of hydrogen-bond acceptors (Lipinski definition) is 3. The van der Waals surface area contributed by atoms with Crippen molar-refractivity contribution >= 4 is 5.97 Å². The van der Waals surface area contributed by atoms with Gasteiger partial charge in [0.25, 0.3) is 0 Å². The number of ether oxygens (including phenoxy) is 1. The van der Waals surface area contributed by atoms with E-state index in [1.165, 1.54) is 6.92 Å². The molecule has 0 N–H and O–H groups in total. The first kappa shape index (κ1) is 11.5. The molecule has 0 aromatic heterocycles. The molecule has 0 aromatic rings. The first-order valence-corrected chi connectivity index (χ1v) is 5.51. The maximum Gasteiger partial charge on any atom is 0.304 e. The molecule has 1 fully saturated rings. The van der Waals surface area contributed by atoms with Crippen LogP contribution in [0.5, 0.6) is 0 Å². The summed E-state index contributed by atoms with van der Waals surface area (Å²) in [6.45, 7) is 4.70. The largest absolute Gasteiger partial charge is 0.444 e. The second-order valence-corrected chi connectivity index (χ2v) is 4.17. The molecule has 0 aliphatic carbocycles. The molecule has 1 atom stereocenters. The predicted octanol–water partition coefficient (Wildman–Crippen LogP) is 2.16. The maximum absolute atomic E-state index is 11.1. The third-order valence-corrected chi connectivity index (χ3v) is 3.01. The van der Waals surface area contributed by atoms with Crippen LogP contribution >= 0.6 is 0 Å². The standard InChI is InChI=1S/C11H21NO2/c1-4-5-7-11(14-10(2)13)8-6-9-12(11)3/h4-9H2,1-3H3. The minimum absolute atomic E-state index is 0.158. The predicted molar refractivity (Wildman–Crippen MR) is 55.9 cm³/mol. The lowest BCUT2D eigenvalue weighted by Gasteiger charge is -2.35. The van der Waals surface area contributed by atoms with E-state index in [0.29, 0.717) is 0 Å². The van der Waals surface area contributed by atoms with E-state index < -0.39 is 0 Å². The molecule has 1 saturated heterocycles. The van der Waals surface area contributed by atoms with Crippen LogP contribution in [0.15, 0.2) is 0 Å². The van der Waals surface area contributed by atoms with Crippen molar-refractivity contribution in [2.45, 2.75) is 51.7 Å². The summed E-state index contributed by atoms with van der Waals surface area (Å²) >= 11 is 0. The van der Waals surface area contributed by atoms with Crippen molar-refractivity contribution in [2.24, 2.45) is 0 Å². The Morgan fingerprint density at radius 2 is 2.29 bits per heavy atom. The van der Waals surface area contributed by atoms with Crippen molar-refractivity contribution in [2.75, 3.05) is 13.6 Å². The Morgan fingerprint density at radius 3 is 2.71 bits per heavy atom. The van der Waals surface area contributed by atoms with Gasteiger partial charge in [-0.2, -0.15) is 0 Å². The highest BCUT2D eigenvalue weighted by atomic mass is 16.6. The van der Waals surface area contributed by atoms with E-state index in [4.69, 9.17) is 4.74 Å². The zero-order valence-corrected chi connectivity index (χ0v) is 9.51. The number of likely N-dealkylation sites (tertiary alicyclic amines) is 1. The highest BCUT2D eigenvalue weighted by Crippen LogP contribution is 2.33. The molecule has 1 heterocycles. The second-order valence-electron chi connectivity index (χ2n) is 4.17. The van der Waals surface area contributed by atoms with E-state index >= 15 is 0 Å². The lowest BCUT2D eigenvalue weighted by atomic mass is 10.0. The van der Waals surface area contributed by atoms with E-state index in [1.807, 2.05) is 7.05 Å². The van der Waals surface area contributed by atoms with Crippen molar-refractivity contribution in [3.8, 4) is 0 Å². The van der Waals surface area contributed by atoms with Crippen molar-refractivity contribution < 1.29 is 9.53 Å². The molecule has 0 aromatic carbocycles. The van der Waals surface area contributed by atoms with Gasteiger partial charge < -0.3 is 4.74 Å². The Bertz CT molecular complexity index is 205. The molecule has 3 nitrogen and oxygen atoms in total. The highest BCUT2D eigenvalue weighted by Gasteiger charge is 2.40. The molecule has 1 unspecified atom stereocenters. The van der Waals surface area contributed by atoms with Gasteiger partial charge in [0.1, 0.15) is 0 Å². The first-order valence-electron chi connectivity index (χ1n) is 5.51. The summed E-state index contributed by atoms with van der Waals surface area (Å²) in [6, 6.07) is 0. The van der Waals surface area contributed by atoms with Gasteiger partial charge in [-0.05, 0) is 19.9 Å². The van der Waals surface area contributed by atoms with Crippen molar-refractivity contribution in [1.29, 1.82) is 0 Å². The molecule has 82 valence electrons. The van der Waals surface area contributed by atoms with Crippen LogP contribution in [0.4, 0.5) is 0 Å². The minimum Gasteiger partial charge on any atom is -0.444 e. The van der Waals surface area contributed by atoms with Gasteiger partial charge in [-0.1, -0.05) is 13.3 Å². The van der Waals surface area contributed by atoms with E-state index in [1.54, 1.807) is 0 Å². The van der Waals surface area contributed by atoms with Gasteiger partial charge in [-0.15, -0.1) is 0 Å². The molecular formula is C11H21NO2. The van der Waals surface area contributed by atoms with Gasteiger partial charge in [0.15, 0.2) is 5.72 Å². The quantitative estimate of drug-likeness (QED) is 0.650. The third-order valence-electron chi connectivity index (χ3n) is 3.01. The summed E-state index contributed by atoms with van der Waals surface area (Å²) < 4.78 is 5.50. The van der Waals surface area contributed by atoms with Crippen LogP contribution in [0.2, 0.25) is 0 Å². The molecular weight excluding hydrogens is 178 g/mol. The number of nitrogens with zero attached hydrogens (tertiary/aromatic N) is 1. The van der Waals surface area contributed by atoms with Gasteiger partial charge in [-0.3, -0.25) is 9.69 Å². The normalized spacial score (nSPS) is 27.9. The van der Waals surface area contributed by atoms with Crippen molar-refractivity contribution in [1.82, 2.24) is 4.90 Å². The molecule has 0 bridgehead atoms. The van der Waals surface area contributed by atoms with Crippen molar-refractivity contribution in [3.63, 3.8) is 0 Å². The summed E-state index contributed by atoms with van der Waals surface area (Å²) in [6.07, 6.45) is 5.37.